The molecule has 4 heteroatoms. The van der Waals surface area contributed by atoms with Crippen LogP contribution >= 0.6 is 0 Å². The first-order valence-electron chi connectivity index (χ1n) is 9.42. The molecule has 1 aromatic carbocycles. The number of hydrogen-bond acceptors (Lipinski definition) is 4. The van der Waals surface area contributed by atoms with E-state index in [1.165, 1.54) is 16.7 Å². The molecule has 1 aromatic rings. The van der Waals surface area contributed by atoms with Crippen LogP contribution in [0.4, 0.5) is 0 Å². The van der Waals surface area contributed by atoms with Gasteiger partial charge < -0.3 is 9.47 Å². The molecule has 0 N–H and O–H groups in total. The van der Waals surface area contributed by atoms with Crippen molar-refractivity contribution in [1.29, 1.82) is 5.26 Å². The highest BCUT2D eigenvalue weighted by atomic mass is 16.5. The number of methoxy groups -OCH3 is 1. The van der Waals surface area contributed by atoms with Gasteiger partial charge in [-0.25, -0.2) is 0 Å². The average Bonchev–Trinajstić information content (AvgIpc) is 2.93. The first-order valence-corrected chi connectivity index (χ1v) is 9.42. The third-order valence-electron chi connectivity index (χ3n) is 5.80. The molecule has 0 bridgehead atoms. The second-order valence-corrected chi connectivity index (χ2v) is 7.24. The van der Waals surface area contributed by atoms with Crippen molar-refractivity contribution < 1.29 is 9.47 Å². The lowest BCUT2D eigenvalue weighted by atomic mass is 9.70. The molecule has 4 nitrogen and oxygen atoms in total. The van der Waals surface area contributed by atoms with Gasteiger partial charge in [-0.05, 0) is 69.1 Å². The molecule has 2 aliphatic rings. The summed E-state index contributed by atoms with van der Waals surface area (Å²) < 4.78 is 11.0. The van der Waals surface area contributed by atoms with Crippen molar-refractivity contribution >= 4 is 5.71 Å². The van der Waals surface area contributed by atoms with Gasteiger partial charge in [-0.2, -0.15) is 10.3 Å². The monoisotopic (exact) mass is 340 g/mol. The van der Waals surface area contributed by atoms with E-state index in [9.17, 15) is 5.26 Å². The summed E-state index contributed by atoms with van der Waals surface area (Å²) in [4.78, 5) is 4.30. The summed E-state index contributed by atoms with van der Waals surface area (Å²) in [6, 6.07) is 6.73. The molecule has 1 fully saturated rings. The first kappa shape index (κ1) is 18.1. The quantitative estimate of drug-likeness (QED) is 0.580. The smallest absolute Gasteiger partial charge is 0.205 e. The number of nitriles is 1. The number of ether oxygens (including phenoxy) is 2. The third-order valence-corrected chi connectivity index (χ3v) is 5.80. The molecule has 0 aromatic heterocycles. The van der Waals surface area contributed by atoms with Crippen molar-refractivity contribution in [1.82, 2.24) is 0 Å². The predicted octanol–water partition coefficient (Wildman–Crippen LogP) is 4.06. The van der Waals surface area contributed by atoms with Crippen LogP contribution in [0.15, 0.2) is 23.2 Å². The number of aryl methyl sites for hydroxylation is 1. The molecule has 0 unspecified atom stereocenters. The highest BCUT2D eigenvalue weighted by Crippen LogP contribution is 2.48. The van der Waals surface area contributed by atoms with Crippen LogP contribution in [0.1, 0.15) is 55.7 Å². The Morgan fingerprint density at radius 3 is 2.80 bits per heavy atom. The minimum Gasteiger partial charge on any atom is -0.382 e. The fraction of sp³-hybridized carbons (Fsp3) is 0.619. The Balaban J connectivity index is 1.80. The Kier molecular flexibility index (Phi) is 5.88. The van der Waals surface area contributed by atoms with Crippen LogP contribution in [0.25, 0.3) is 0 Å². The minimum absolute atomic E-state index is 0.0387. The maximum Gasteiger partial charge on any atom is 0.205 e. The molecule has 2 aliphatic carbocycles. The Morgan fingerprint density at radius 1 is 1.32 bits per heavy atom. The maximum atomic E-state index is 9.26. The first-order chi connectivity index (χ1) is 12.2. The summed E-state index contributed by atoms with van der Waals surface area (Å²) in [5, 5.41) is 9.26. The van der Waals surface area contributed by atoms with E-state index in [1.54, 1.807) is 7.11 Å². The lowest BCUT2D eigenvalue weighted by Gasteiger charge is -2.36. The van der Waals surface area contributed by atoms with Crippen LogP contribution in [-0.2, 0) is 22.3 Å². The van der Waals surface area contributed by atoms with Gasteiger partial charge in [0.05, 0.1) is 11.8 Å². The molecule has 0 heterocycles. The molecular weight excluding hydrogens is 312 g/mol. The van der Waals surface area contributed by atoms with E-state index in [1.807, 2.05) is 6.92 Å². The van der Waals surface area contributed by atoms with Gasteiger partial charge in [-0.15, -0.1) is 0 Å². The van der Waals surface area contributed by atoms with Crippen molar-refractivity contribution in [3.8, 4) is 6.19 Å². The lowest BCUT2D eigenvalue weighted by molar-refractivity contribution is 0.0468. The van der Waals surface area contributed by atoms with Gasteiger partial charge in [-0.1, -0.05) is 12.1 Å². The second kappa shape index (κ2) is 8.12. The molecule has 0 atom stereocenters. The largest absolute Gasteiger partial charge is 0.382 e. The van der Waals surface area contributed by atoms with Crippen molar-refractivity contribution in [2.75, 3.05) is 20.3 Å². The zero-order chi connectivity index (χ0) is 17.7. The second-order valence-electron chi connectivity index (χ2n) is 7.24. The van der Waals surface area contributed by atoms with Gasteiger partial charge >= 0.3 is 0 Å². The molecule has 0 radical (unpaired) electrons. The van der Waals surface area contributed by atoms with Crippen molar-refractivity contribution in [2.24, 2.45) is 10.4 Å². The van der Waals surface area contributed by atoms with Crippen LogP contribution in [0.5, 0.6) is 0 Å². The normalized spacial score (nSPS) is 26.8. The van der Waals surface area contributed by atoms with E-state index in [0.29, 0.717) is 6.10 Å². The minimum atomic E-state index is 0.0387. The van der Waals surface area contributed by atoms with Crippen LogP contribution in [0, 0.1) is 16.9 Å². The molecule has 0 aliphatic heterocycles. The number of aliphatic imine (C=N–C) groups is 1. The molecule has 3 rings (SSSR count). The SMILES string of the molecule is CCOCCCc1ccc2c(c1)C(=NC#N)C1(CCC(OC)CC1)C2. The number of rotatable bonds is 6. The third kappa shape index (κ3) is 3.78. The van der Waals surface area contributed by atoms with E-state index in [2.05, 4.69) is 29.4 Å². The Morgan fingerprint density at radius 2 is 2.12 bits per heavy atom. The standard InChI is InChI=1S/C21H28N2O2/c1-3-25-12-4-5-16-6-7-17-14-21(10-8-18(24-2)9-11-21)20(23-15-22)19(17)13-16/h6-7,13,18H,3-5,8-12,14H2,1-2H3. The zero-order valence-electron chi connectivity index (χ0n) is 15.4. The van der Waals surface area contributed by atoms with Gasteiger partial charge in [0.1, 0.15) is 0 Å². The number of hydrogen-bond donors (Lipinski definition) is 0. The summed E-state index contributed by atoms with van der Waals surface area (Å²) in [5.74, 6) is 0. The summed E-state index contributed by atoms with van der Waals surface area (Å²) in [6.45, 7) is 3.60. The molecule has 1 spiro atoms. The topological polar surface area (TPSA) is 54.6 Å². The summed E-state index contributed by atoms with van der Waals surface area (Å²) in [6.07, 6.45) is 9.68. The van der Waals surface area contributed by atoms with Crippen molar-refractivity contribution in [2.45, 2.75) is 58.0 Å². The van der Waals surface area contributed by atoms with E-state index in [0.717, 1.165) is 63.9 Å². The Hall–Kier alpha value is -1.70. The van der Waals surface area contributed by atoms with Gasteiger partial charge in [0.15, 0.2) is 0 Å². The number of nitrogens with zero attached hydrogens (tertiary/aromatic N) is 2. The Labute approximate surface area is 150 Å². The van der Waals surface area contributed by atoms with Gasteiger partial charge in [0, 0.05) is 31.3 Å². The maximum absolute atomic E-state index is 9.26. The average molecular weight is 340 g/mol. The van der Waals surface area contributed by atoms with Crippen LogP contribution in [0.3, 0.4) is 0 Å². The summed E-state index contributed by atoms with van der Waals surface area (Å²) in [5.41, 5.74) is 4.92. The van der Waals surface area contributed by atoms with Gasteiger partial charge in [0.2, 0.25) is 6.19 Å². The molecule has 25 heavy (non-hydrogen) atoms. The molecular formula is C21H28N2O2. The van der Waals surface area contributed by atoms with Crippen molar-refractivity contribution in [3.63, 3.8) is 0 Å². The number of benzene rings is 1. The van der Waals surface area contributed by atoms with Gasteiger partial charge in [-0.3, -0.25) is 0 Å². The highest BCUT2D eigenvalue weighted by molar-refractivity contribution is 6.09. The molecule has 134 valence electrons. The van der Waals surface area contributed by atoms with E-state index in [-0.39, 0.29) is 5.41 Å². The van der Waals surface area contributed by atoms with Crippen molar-refractivity contribution in [3.05, 3.63) is 34.9 Å². The summed E-state index contributed by atoms with van der Waals surface area (Å²) >= 11 is 0. The predicted molar refractivity (Wildman–Crippen MR) is 98.8 cm³/mol. The van der Waals surface area contributed by atoms with Gasteiger partial charge in [0.25, 0.3) is 0 Å². The zero-order valence-corrected chi connectivity index (χ0v) is 15.4. The molecule has 0 saturated heterocycles. The van der Waals surface area contributed by atoms with E-state index < -0.39 is 0 Å². The fourth-order valence-corrected chi connectivity index (χ4v) is 4.43. The fourth-order valence-electron chi connectivity index (χ4n) is 4.43. The Bertz CT molecular complexity index is 667. The van der Waals surface area contributed by atoms with Crippen LogP contribution in [-0.4, -0.2) is 32.1 Å². The van der Waals surface area contributed by atoms with Crippen LogP contribution < -0.4 is 0 Å². The summed E-state index contributed by atoms with van der Waals surface area (Å²) in [7, 11) is 1.80. The van der Waals surface area contributed by atoms with Crippen LogP contribution in [0.2, 0.25) is 0 Å². The molecule has 1 saturated carbocycles. The van der Waals surface area contributed by atoms with E-state index in [4.69, 9.17) is 9.47 Å². The molecule has 0 amide bonds. The highest BCUT2D eigenvalue weighted by Gasteiger charge is 2.45. The van der Waals surface area contributed by atoms with E-state index >= 15 is 0 Å². The number of fused-ring (bicyclic) bond motifs is 1. The lowest BCUT2D eigenvalue weighted by Crippen LogP contribution is -2.35.